The van der Waals surface area contributed by atoms with Gasteiger partial charge in [0.1, 0.15) is 46.4 Å². The first kappa shape index (κ1) is 95.6. The second kappa shape index (κ2) is 38.4. The summed E-state index contributed by atoms with van der Waals surface area (Å²) in [6.07, 6.45) is 15.5. The number of halogens is 5. The number of carbonyl (C=O) groups excluding carboxylic acids is 3. The van der Waals surface area contributed by atoms with Crippen LogP contribution in [0.15, 0.2) is 131 Å². The zero-order valence-electron chi connectivity index (χ0n) is 81.5. The van der Waals surface area contributed by atoms with Crippen LogP contribution in [0.25, 0.3) is 94.8 Å². The van der Waals surface area contributed by atoms with Gasteiger partial charge in [0.05, 0.1) is 105 Å². The van der Waals surface area contributed by atoms with E-state index in [0.29, 0.717) is 136 Å². The number of fused-ring (bicyclic) bond motifs is 4. The Morgan fingerprint density at radius 1 is 0.414 bits per heavy atom. The number of aryl methyl sites for hydroxylation is 1. The minimum absolute atomic E-state index is 0.0401. The summed E-state index contributed by atoms with van der Waals surface area (Å²) in [4.78, 5) is 156. The Labute approximate surface area is 842 Å². The number of nitrogens with two attached hydrogens (primary N) is 2. The van der Waals surface area contributed by atoms with Crippen molar-refractivity contribution < 1.29 is 27.6 Å². The number of pyridine rings is 3. The van der Waals surface area contributed by atoms with E-state index in [1.807, 2.05) is 62.3 Å². The number of rotatable bonds is 20. The molecule has 7 N–H and O–H groups in total. The molecule has 24 rings (SSSR count). The number of benzene rings is 3. The molecule has 5 aliphatic heterocycles. The van der Waals surface area contributed by atoms with Gasteiger partial charge in [0.2, 0.25) is 29.6 Å². The van der Waals surface area contributed by atoms with Crippen molar-refractivity contribution in [2.75, 3.05) is 134 Å². The molecule has 0 spiro atoms. The van der Waals surface area contributed by atoms with Crippen molar-refractivity contribution in [3.05, 3.63) is 216 Å². The largest absolute Gasteiger partial charge is 0.398 e. The molecule has 6 aliphatic carbocycles. The summed E-state index contributed by atoms with van der Waals surface area (Å²) in [5, 5.41) is 16.2. The van der Waals surface area contributed by atoms with Crippen molar-refractivity contribution in [3.63, 3.8) is 0 Å². The van der Waals surface area contributed by atoms with E-state index >= 15 is 13.2 Å². The Morgan fingerprint density at radius 3 is 1.24 bits per heavy atom. The van der Waals surface area contributed by atoms with Gasteiger partial charge in [-0.3, -0.25) is 19.5 Å². The lowest BCUT2D eigenvalue weighted by Crippen LogP contribution is -2.58. The van der Waals surface area contributed by atoms with Crippen LogP contribution in [0.2, 0.25) is 10.0 Å². The highest BCUT2D eigenvalue weighted by Gasteiger charge is 2.46. The number of nitrogens with one attached hydrogen (secondary N) is 3. The standard InChI is InChI=1S/C36H40ClFN10O2.C35H37ClFN9O2.C34H35FN10O2/c1-4-27(49)46-17-20(3)47(18-19(46)2)33-23-16-24(37)31(28-25(38)6-5-7-26(28)39)41-34(23)48(36(50)44-33)32-29(21-8-9-21)42-35(43-30(32)22-10-11-22)45-14-12-40-13-15-45;1-3-27(47)44-16-17-45(20(2)19-44)32-24-18-25(36)30(23-6-4-5-7-26(23)37)39-33(24)46(35(48)42-32)31-28(21-8-9-21)40-34(41-29(31)22-10-11-22)43-14-12-38-13-15-43;1-5-25(46)43-14-17(3)44(15-16(43)2)32-22-13-23(35)29(21-7-6-8-24-26(21)31(36)42-41-24)39-33(22)45(34(47)40-32)30-27(19-9-10-19)37-18(4)38-28(30)20-11-12-20/h4-7,16,19-22,40H,1,8-15,17-18,39H2,2-3H3;3-7,18,20-22,38H,1,8-17,19H2,2H3;5-8,13,16-17,19-20H,1,9-12,14-15H2,2-4H3,(H3,36,41,42)/t19-,20+;20-;16-,17+/m101/s1. The molecule has 6 saturated carbocycles. The molecule has 15 heterocycles. The minimum Gasteiger partial charge on any atom is -0.398 e. The zero-order chi connectivity index (χ0) is 101. The first-order valence-electron chi connectivity index (χ1n) is 50.2. The van der Waals surface area contributed by atoms with Gasteiger partial charge in [-0.05, 0) is 185 Å². The monoisotopic (exact) mass is 2000 g/mol. The molecule has 5 saturated heterocycles. The van der Waals surface area contributed by atoms with Crippen molar-refractivity contribution in [1.82, 2.24) is 109 Å². The molecule has 11 fully saturated rings. The predicted molar refractivity (Wildman–Crippen MR) is 554 cm³/mol. The highest BCUT2D eigenvalue weighted by molar-refractivity contribution is 6.34. The van der Waals surface area contributed by atoms with Gasteiger partial charge >= 0.3 is 17.1 Å². The van der Waals surface area contributed by atoms with Gasteiger partial charge in [-0.1, -0.05) is 73.3 Å². The van der Waals surface area contributed by atoms with Gasteiger partial charge in [-0.25, -0.2) is 86.1 Å². The van der Waals surface area contributed by atoms with Gasteiger partial charge < -0.3 is 61.3 Å². The van der Waals surface area contributed by atoms with Crippen LogP contribution in [0, 0.1) is 24.4 Å². The van der Waals surface area contributed by atoms with Crippen LogP contribution >= 0.6 is 23.2 Å². The molecule has 748 valence electrons. The summed E-state index contributed by atoms with van der Waals surface area (Å²) in [5.41, 5.74) is 20.6. The lowest BCUT2D eigenvalue weighted by molar-refractivity contribution is -0.129. The Balaban J connectivity index is 0.000000124. The van der Waals surface area contributed by atoms with Crippen molar-refractivity contribution in [3.8, 4) is 50.8 Å². The molecular weight excluding hydrogens is 1890 g/mol. The van der Waals surface area contributed by atoms with E-state index in [4.69, 9.17) is 89.5 Å². The average molecular weight is 2000 g/mol. The smallest absolute Gasteiger partial charge is 0.355 e. The topological polar surface area (TPSA) is 403 Å². The Bertz CT molecular complexity index is 7570. The number of hydrogen-bond acceptors (Lipinski definition) is 28. The molecule has 0 radical (unpaired) electrons. The van der Waals surface area contributed by atoms with Gasteiger partial charge in [0, 0.05) is 181 Å². The molecule has 0 bridgehead atoms. The fourth-order valence-corrected chi connectivity index (χ4v) is 21.8. The van der Waals surface area contributed by atoms with Crippen LogP contribution in [0.5, 0.6) is 0 Å². The fourth-order valence-electron chi connectivity index (χ4n) is 21.3. The van der Waals surface area contributed by atoms with Crippen molar-refractivity contribution in [2.45, 2.75) is 184 Å². The number of hydrogen-bond donors (Lipinski definition) is 5. The van der Waals surface area contributed by atoms with Crippen molar-refractivity contribution in [2.24, 2.45) is 0 Å². The molecule has 3 aromatic carbocycles. The van der Waals surface area contributed by atoms with Gasteiger partial charge in [-0.2, -0.15) is 20.1 Å². The maximum absolute atomic E-state index is 16.5. The third-order valence-corrected chi connectivity index (χ3v) is 30.2. The van der Waals surface area contributed by atoms with E-state index in [-0.39, 0.29) is 144 Å². The van der Waals surface area contributed by atoms with E-state index < -0.39 is 34.5 Å². The molecule has 35 nitrogen and oxygen atoms in total. The van der Waals surface area contributed by atoms with Crippen LogP contribution in [0.3, 0.4) is 0 Å². The first-order chi connectivity index (χ1) is 70.1. The quantitative estimate of drug-likeness (QED) is 0.0349. The highest BCUT2D eigenvalue weighted by Crippen LogP contribution is 2.54. The molecule has 5 atom stereocenters. The maximum Gasteiger partial charge on any atom is 0.355 e. The molecule has 3 amide bonds. The number of aromatic nitrogens is 17. The molecule has 13 aromatic rings. The zero-order valence-corrected chi connectivity index (χ0v) is 83.0. The van der Waals surface area contributed by atoms with E-state index in [1.54, 1.807) is 67.8 Å². The van der Waals surface area contributed by atoms with Gasteiger partial charge in [0.15, 0.2) is 22.8 Å². The second-order valence-electron chi connectivity index (χ2n) is 40.2. The molecular formula is C105H112Cl2F3N29O6. The summed E-state index contributed by atoms with van der Waals surface area (Å²) in [6, 6.07) is 20.0. The summed E-state index contributed by atoms with van der Waals surface area (Å²) >= 11 is 13.9. The first-order valence-corrected chi connectivity index (χ1v) is 51.0. The van der Waals surface area contributed by atoms with Crippen LogP contribution < -0.4 is 63.7 Å². The summed E-state index contributed by atoms with van der Waals surface area (Å²) in [7, 11) is 0. The number of H-pyrrole nitrogens is 1. The normalized spacial score (nSPS) is 20.4. The van der Waals surface area contributed by atoms with Crippen LogP contribution in [-0.2, 0) is 14.4 Å². The molecule has 11 aliphatic rings. The Hall–Kier alpha value is -14.2. The Kier molecular flexibility index (Phi) is 25.3. The van der Waals surface area contributed by atoms with Crippen LogP contribution in [0.1, 0.15) is 187 Å². The van der Waals surface area contributed by atoms with E-state index in [0.717, 1.165) is 164 Å². The van der Waals surface area contributed by atoms with Gasteiger partial charge in [0.25, 0.3) is 0 Å². The highest BCUT2D eigenvalue weighted by atomic mass is 35.5. The number of piperazine rings is 5. The lowest BCUT2D eigenvalue weighted by atomic mass is 10.0. The molecule has 145 heavy (non-hydrogen) atoms. The second-order valence-corrected chi connectivity index (χ2v) is 41.0. The van der Waals surface area contributed by atoms with E-state index in [2.05, 4.69) is 55.4 Å². The third-order valence-electron chi connectivity index (χ3n) is 29.7. The number of nitrogens with zero attached hydrogens (tertiary/aromatic N) is 24. The number of nitrogen functional groups attached to an aromatic ring is 2. The summed E-state index contributed by atoms with van der Waals surface area (Å²) in [6.45, 7) is 32.2. The van der Waals surface area contributed by atoms with Crippen molar-refractivity contribution >= 4 is 126 Å². The van der Waals surface area contributed by atoms with E-state index in [1.165, 1.54) is 51.6 Å². The molecule has 40 heteroatoms. The molecule has 10 aromatic heterocycles. The maximum atomic E-state index is 16.5. The predicted octanol–water partition coefficient (Wildman–Crippen LogP) is 13.3. The Morgan fingerprint density at radius 2 is 0.807 bits per heavy atom. The summed E-state index contributed by atoms with van der Waals surface area (Å²) < 4.78 is 51.8. The summed E-state index contributed by atoms with van der Waals surface area (Å²) in [5.74, 6) is 2.43. The number of anilines is 7. The average Bonchev–Trinajstić information content (AvgIpc) is 1.60. The number of aromatic amines is 1. The fraction of sp³-hybridized carbons (Fsp3) is 0.419. The van der Waals surface area contributed by atoms with Crippen molar-refractivity contribution in [1.29, 1.82) is 0 Å². The van der Waals surface area contributed by atoms with E-state index in [9.17, 15) is 28.8 Å². The third kappa shape index (κ3) is 18.0. The molecule has 0 unspecified atom stereocenters. The van der Waals surface area contributed by atoms with Crippen LogP contribution in [0.4, 0.5) is 54.0 Å². The number of carbonyl (C=O) groups is 3. The number of amides is 3. The SMILES string of the molecule is C=CC(=O)N1CCN(c2nc(=O)n(-c3c(C4CC4)nc(N4CCNCC4)nc3C3CC3)c3nc(-c4ccccc4F)c(Cl)cc23)[C@@H](C)C1.C=CC(=O)N1C[C@H](C)N(c2nc(=O)n(-c3c(C4CC4)nc(C)nc3C3CC3)c3nc(-c4cccc5[nH]nc(N)c45)c(F)cc23)C[C@H]1C.C=CC(=O)N1C[C@H](C)N(c2nc(=O)n(-c3c(C4CC4)nc(N4CCNCC4)nc3C3CC3)c3nc(-c4c(N)cccc4F)c(Cl)cc23)C[C@H]1C. The van der Waals surface area contributed by atoms with Gasteiger partial charge in [-0.15, -0.1) is 0 Å². The minimum atomic E-state index is -0.593. The lowest BCUT2D eigenvalue weighted by Gasteiger charge is -2.44. The van der Waals surface area contributed by atoms with Crippen LogP contribution in [-0.4, -0.2) is 245 Å².